The minimum atomic E-state index is -0.756. The monoisotopic (exact) mass is 523 g/mol. The quantitative estimate of drug-likeness (QED) is 0.311. The number of ether oxygens (including phenoxy) is 2. The zero-order valence-electron chi connectivity index (χ0n) is 20.1. The number of fused-ring (bicyclic) bond motifs is 1. The second-order valence-corrected chi connectivity index (χ2v) is 8.58. The van der Waals surface area contributed by atoms with Gasteiger partial charge in [-0.25, -0.2) is 14.2 Å². The molecule has 2 N–H and O–H groups in total. The van der Waals surface area contributed by atoms with Crippen molar-refractivity contribution in [3.63, 3.8) is 0 Å². The first-order valence-corrected chi connectivity index (χ1v) is 11.4. The second-order valence-electron chi connectivity index (χ2n) is 8.17. The Labute approximate surface area is 214 Å². The van der Waals surface area contributed by atoms with Crippen LogP contribution in [0.4, 0.5) is 11.6 Å². The van der Waals surface area contributed by atoms with Crippen LogP contribution in [0.15, 0.2) is 52.3 Å². The average molecular weight is 524 g/mol. The maximum absolute atomic E-state index is 13.6. The Morgan fingerprint density at radius 2 is 1.78 bits per heavy atom. The lowest BCUT2D eigenvalue weighted by molar-refractivity contribution is 0.393. The Bertz CT molecular complexity index is 1680. The molecule has 0 atom stereocenters. The fraction of sp³-hybridized carbons (Fsp3) is 0.217. The van der Waals surface area contributed by atoms with Crippen LogP contribution in [0.25, 0.3) is 10.9 Å². The molecule has 0 aliphatic heterocycles. The Morgan fingerprint density at radius 1 is 1.03 bits per heavy atom. The largest absolute Gasteiger partial charge is 0.497 e. The van der Waals surface area contributed by atoms with Crippen LogP contribution in [-0.2, 0) is 20.1 Å². The van der Waals surface area contributed by atoms with E-state index >= 15 is 0 Å². The molecule has 0 saturated heterocycles. The molecule has 190 valence electrons. The summed E-state index contributed by atoms with van der Waals surface area (Å²) < 4.78 is 14.7. The topological polar surface area (TPSA) is 147 Å². The van der Waals surface area contributed by atoms with Gasteiger partial charge in [0.05, 0.1) is 49.7 Å². The third-order valence-electron chi connectivity index (χ3n) is 5.64. The molecule has 37 heavy (non-hydrogen) atoms. The van der Waals surface area contributed by atoms with Crippen molar-refractivity contribution >= 4 is 34.1 Å². The number of hydrogen-bond acceptors (Lipinski definition) is 9. The fourth-order valence-electron chi connectivity index (χ4n) is 3.89. The van der Waals surface area contributed by atoms with Crippen molar-refractivity contribution in [2.24, 2.45) is 7.05 Å². The molecule has 3 heterocycles. The summed E-state index contributed by atoms with van der Waals surface area (Å²) in [6, 6.07) is 8.72. The van der Waals surface area contributed by atoms with Gasteiger partial charge in [0.25, 0.3) is 0 Å². The summed E-state index contributed by atoms with van der Waals surface area (Å²) in [4.78, 5) is 30.7. The summed E-state index contributed by atoms with van der Waals surface area (Å²) in [6.07, 6.45) is 3.26. The highest BCUT2D eigenvalue weighted by atomic mass is 35.5. The number of hydrogen-bond donors (Lipinski definition) is 2. The van der Waals surface area contributed by atoms with E-state index < -0.39 is 11.4 Å². The number of rotatable bonds is 8. The Kier molecular flexibility index (Phi) is 6.36. The lowest BCUT2D eigenvalue weighted by Crippen LogP contribution is -2.43. The van der Waals surface area contributed by atoms with E-state index in [0.717, 1.165) is 9.95 Å². The molecule has 13 nitrogen and oxygen atoms in total. The van der Waals surface area contributed by atoms with Gasteiger partial charge in [0.1, 0.15) is 17.2 Å². The molecule has 0 amide bonds. The number of methoxy groups -OCH3 is 2. The number of nitrogens with zero attached hydrogens (tertiary/aromatic N) is 7. The minimum Gasteiger partial charge on any atom is -0.497 e. The number of aromatic amines is 1. The molecule has 0 spiro atoms. The van der Waals surface area contributed by atoms with Crippen molar-refractivity contribution in [2.45, 2.75) is 13.1 Å². The highest BCUT2D eigenvalue weighted by Gasteiger charge is 2.17. The first kappa shape index (κ1) is 24.1. The molecule has 14 heteroatoms. The zero-order chi connectivity index (χ0) is 26.1. The van der Waals surface area contributed by atoms with E-state index in [-0.39, 0.29) is 19.0 Å². The van der Waals surface area contributed by atoms with Crippen LogP contribution in [0.1, 0.15) is 11.3 Å². The van der Waals surface area contributed by atoms with E-state index in [9.17, 15) is 9.59 Å². The van der Waals surface area contributed by atoms with Crippen LogP contribution in [0.2, 0.25) is 5.02 Å². The lowest BCUT2D eigenvalue weighted by atomic mass is 10.2. The molecular formula is C23H22ClN9O4. The summed E-state index contributed by atoms with van der Waals surface area (Å²) in [5.74, 6) is 1.11. The van der Waals surface area contributed by atoms with Gasteiger partial charge in [0, 0.05) is 24.7 Å². The Balaban J connectivity index is 1.63. The number of halogens is 1. The summed E-state index contributed by atoms with van der Waals surface area (Å²) in [5, 5.41) is 18.7. The third-order valence-corrected chi connectivity index (χ3v) is 5.95. The first-order chi connectivity index (χ1) is 17.8. The van der Waals surface area contributed by atoms with Crippen LogP contribution in [-0.4, -0.2) is 53.5 Å². The maximum Gasteiger partial charge on any atom is 0.355 e. The van der Waals surface area contributed by atoms with Crippen molar-refractivity contribution in [2.75, 3.05) is 19.5 Å². The van der Waals surface area contributed by atoms with Gasteiger partial charge >= 0.3 is 11.4 Å². The van der Waals surface area contributed by atoms with Gasteiger partial charge < -0.3 is 14.8 Å². The molecule has 0 aliphatic carbocycles. The molecule has 5 rings (SSSR count). The molecular weight excluding hydrogens is 502 g/mol. The number of anilines is 2. The van der Waals surface area contributed by atoms with E-state index in [2.05, 4.69) is 30.8 Å². The van der Waals surface area contributed by atoms with Crippen LogP contribution >= 0.6 is 11.6 Å². The summed E-state index contributed by atoms with van der Waals surface area (Å²) in [6.45, 7) is -0.0567. The predicted octanol–water partition coefficient (Wildman–Crippen LogP) is 1.92. The summed E-state index contributed by atoms with van der Waals surface area (Å²) in [5.41, 5.74) is 0.888. The van der Waals surface area contributed by atoms with Crippen molar-refractivity contribution in [3.05, 3.63) is 80.0 Å². The third kappa shape index (κ3) is 4.89. The van der Waals surface area contributed by atoms with Gasteiger partial charge in [-0.15, -0.1) is 0 Å². The first-order valence-electron chi connectivity index (χ1n) is 11.0. The minimum absolute atomic E-state index is 0.0123. The van der Waals surface area contributed by atoms with Gasteiger partial charge in [-0.05, 0) is 29.8 Å². The molecule has 0 bridgehead atoms. The highest BCUT2D eigenvalue weighted by molar-refractivity contribution is 6.34. The number of benzene rings is 2. The molecule has 0 aliphatic rings. The SMILES string of the molecule is COc1cc(Cn2c(Nc3cc4cn(C)nc4cc3Cl)nc(=O)n(Cc3cn[nH]n3)c2=O)cc(OC)c1. The average Bonchev–Trinajstić information content (AvgIpc) is 3.52. The van der Waals surface area contributed by atoms with E-state index in [4.69, 9.17) is 21.1 Å². The van der Waals surface area contributed by atoms with E-state index in [0.29, 0.717) is 39.0 Å². The van der Waals surface area contributed by atoms with Gasteiger partial charge in [0.15, 0.2) is 0 Å². The summed E-state index contributed by atoms with van der Waals surface area (Å²) in [7, 11) is 4.87. The smallest absolute Gasteiger partial charge is 0.355 e. The van der Waals surface area contributed by atoms with Crippen LogP contribution < -0.4 is 26.2 Å². The normalized spacial score (nSPS) is 11.1. The van der Waals surface area contributed by atoms with E-state index in [1.54, 1.807) is 42.1 Å². The van der Waals surface area contributed by atoms with Gasteiger partial charge in [-0.2, -0.15) is 25.5 Å². The second kappa shape index (κ2) is 9.78. The van der Waals surface area contributed by atoms with Crippen LogP contribution in [0.5, 0.6) is 11.5 Å². The molecule has 3 aromatic heterocycles. The molecule has 2 aromatic carbocycles. The standard InChI is InChI=1S/C23H22ClN9O4/c1-31-11-14-6-20(18(24)8-19(14)29-31)26-21-27-22(34)33(12-15-9-25-30-28-15)23(35)32(21)10-13-4-16(36-2)7-17(5-13)37-3/h4-9,11H,10,12H2,1-3H3,(H,25,28,30)(H,26,27,34). The van der Waals surface area contributed by atoms with Crippen molar-refractivity contribution in [1.29, 1.82) is 0 Å². The fourth-order valence-corrected chi connectivity index (χ4v) is 4.10. The van der Waals surface area contributed by atoms with Crippen molar-refractivity contribution in [3.8, 4) is 11.5 Å². The van der Waals surface area contributed by atoms with Crippen molar-refractivity contribution < 1.29 is 9.47 Å². The molecule has 0 fully saturated rings. The highest BCUT2D eigenvalue weighted by Crippen LogP contribution is 2.29. The molecule has 0 saturated carbocycles. The Morgan fingerprint density at radius 3 is 2.46 bits per heavy atom. The van der Waals surface area contributed by atoms with Gasteiger partial charge in [-0.1, -0.05) is 11.6 Å². The van der Waals surface area contributed by atoms with E-state index in [1.807, 2.05) is 6.20 Å². The number of aromatic nitrogens is 8. The van der Waals surface area contributed by atoms with E-state index in [1.165, 1.54) is 25.0 Å². The zero-order valence-corrected chi connectivity index (χ0v) is 20.9. The Hall–Kier alpha value is -4.65. The number of nitrogens with one attached hydrogen (secondary N) is 2. The lowest BCUT2D eigenvalue weighted by Gasteiger charge is -2.17. The molecule has 0 unspecified atom stereocenters. The maximum atomic E-state index is 13.6. The molecule has 5 aromatic rings. The molecule has 0 radical (unpaired) electrons. The van der Waals surface area contributed by atoms with Crippen LogP contribution in [0.3, 0.4) is 0 Å². The summed E-state index contributed by atoms with van der Waals surface area (Å²) >= 11 is 6.50. The number of H-pyrrole nitrogens is 1. The predicted molar refractivity (Wildman–Crippen MR) is 136 cm³/mol. The van der Waals surface area contributed by atoms with Gasteiger partial charge in [-0.3, -0.25) is 9.25 Å². The number of aryl methyl sites for hydroxylation is 1. The van der Waals surface area contributed by atoms with Gasteiger partial charge in [0.2, 0.25) is 5.95 Å². The van der Waals surface area contributed by atoms with Crippen LogP contribution in [0, 0.1) is 0 Å². The van der Waals surface area contributed by atoms with Crippen molar-refractivity contribution in [1.82, 2.24) is 39.3 Å².